The summed E-state index contributed by atoms with van der Waals surface area (Å²) in [5, 5.41) is 10.3. The summed E-state index contributed by atoms with van der Waals surface area (Å²) in [5.41, 5.74) is 1.11. The lowest BCUT2D eigenvalue weighted by atomic mass is 9.88. The molecular weight excluding hydrogens is 220 g/mol. The molecule has 0 bridgehead atoms. The van der Waals surface area contributed by atoms with Gasteiger partial charge in [0.25, 0.3) is 0 Å². The summed E-state index contributed by atoms with van der Waals surface area (Å²) in [6.45, 7) is 0.209. The summed E-state index contributed by atoms with van der Waals surface area (Å²) >= 11 is 6.17. The van der Waals surface area contributed by atoms with Crippen molar-refractivity contribution < 1.29 is 5.11 Å². The quantitative estimate of drug-likeness (QED) is 0.841. The second-order valence-electron chi connectivity index (χ2n) is 4.79. The molecule has 1 unspecified atom stereocenters. The summed E-state index contributed by atoms with van der Waals surface area (Å²) in [5.74, 6) is 1.00. The van der Waals surface area contributed by atoms with Gasteiger partial charge in [-0.1, -0.05) is 55.5 Å². The Morgan fingerprint density at radius 1 is 1.25 bits per heavy atom. The van der Waals surface area contributed by atoms with Crippen molar-refractivity contribution in [1.82, 2.24) is 0 Å². The van der Waals surface area contributed by atoms with Crippen LogP contribution < -0.4 is 0 Å². The van der Waals surface area contributed by atoms with Crippen LogP contribution >= 0.6 is 11.6 Å². The highest BCUT2D eigenvalue weighted by atomic mass is 35.5. The van der Waals surface area contributed by atoms with Gasteiger partial charge in [-0.2, -0.15) is 0 Å². The molecule has 2 heteroatoms. The number of aliphatic hydroxyl groups excluding tert-OH is 1. The van der Waals surface area contributed by atoms with Crippen molar-refractivity contribution in [2.75, 3.05) is 6.61 Å². The van der Waals surface area contributed by atoms with Gasteiger partial charge in [-0.3, -0.25) is 0 Å². The van der Waals surface area contributed by atoms with Crippen LogP contribution in [0.25, 0.3) is 0 Å². The fourth-order valence-corrected chi connectivity index (χ4v) is 3.04. The molecule has 88 valence electrons. The largest absolute Gasteiger partial charge is 0.396 e. The second-order valence-corrected chi connectivity index (χ2v) is 5.19. The van der Waals surface area contributed by atoms with Crippen LogP contribution in [0.4, 0.5) is 0 Å². The standard InChI is InChI=1S/C14H19ClO/c15-14-8-4-3-7-13(14)12(10-16)9-11-5-1-2-6-11/h3-4,7-8,11-12,16H,1-2,5-6,9-10H2. The molecule has 1 saturated carbocycles. The van der Waals surface area contributed by atoms with Gasteiger partial charge in [-0.15, -0.1) is 0 Å². The van der Waals surface area contributed by atoms with Crippen LogP contribution in [-0.4, -0.2) is 11.7 Å². The van der Waals surface area contributed by atoms with Crippen LogP contribution in [0.5, 0.6) is 0 Å². The first-order chi connectivity index (χ1) is 7.81. The maximum atomic E-state index is 9.51. The normalized spacial score (nSPS) is 18.9. The molecule has 1 fully saturated rings. The Kier molecular flexibility index (Phi) is 4.25. The highest BCUT2D eigenvalue weighted by Gasteiger charge is 2.21. The molecule has 0 aliphatic heterocycles. The van der Waals surface area contributed by atoms with E-state index in [2.05, 4.69) is 0 Å². The monoisotopic (exact) mass is 238 g/mol. The third-order valence-electron chi connectivity index (χ3n) is 3.66. The van der Waals surface area contributed by atoms with Crippen molar-refractivity contribution in [3.63, 3.8) is 0 Å². The molecule has 0 radical (unpaired) electrons. The van der Waals surface area contributed by atoms with Crippen LogP contribution in [0.1, 0.15) is 43.6 Å². The Balaban J connectivity index is 2.06. The average Bonchev–Trinajstić information content (AvgIpc) is 2.80. The molecule has 0 aromatic heterocycles. The van der Waals surface area contributed by atoms with E-state index in [0.29, 0.717) is 0 Å². The van der Waals surface area contributed by atoms with Gasteiger partial charge in [0.05, 0.1) is 0 Å². The van der Waals surface area contributed by atoms with Crippen molar-refractivity contribution >= 4 is 11.6 Å². The summed E-state index contributed by atoms with van der Waals surface area (Å²) in [4.78, 5) is 0. The van der Waals surface area contributed by atoms with Crippen molar-refractivity contribution in [3.05, 3.63) is 34.9 Å². The Morgan fingerprint density at radius 3 is 2.56 bits per heavy atom. The van der Waals surface area contributed by atoms with E-state index >= 15 is 0 Å². The van der Waals surface area contributed by atoms with E-state index in [9.17, 15) is 5.11 Å². The number of benzene rings is 1. The number of hydrogen-bond acceptors (Lipinski definition) is 1. The number of aliphatic hydroxyl groups is 1. The Morgan fingerprint density at radius 2 is 1.94 bits per heavy atom. The van der Waals surface area contributed by atoms with Crippen molar-refractivity contribution in [1.29, 1.82) is 0 Å². The van der Waals surface area contributed by atoms with Gasteiger partial charge in [0.1, 0.15) is 0 Å². The highest BCUT2D eigenvalue weighted by Crippen LogP contribution is 2.35. The van der Waals surface area contributed by atoms with Crippen molar-refractivity contribution in [2.45, 2.75) is 38.0 Å². The third kappa shape index (κ3) is 2.78. The van der Waals surface area contributed by atoms with Gasteiger partial charge in [-0.05, 0) is 24.0 Å². The Hall–Kier alpha value is -0.530. The lowest BCUT2D eigenvalue weighted by molar-refractivity contribution is 0.244. The molecule has 1 aromatic rings. The lowest BCUT2D eigenvalue weighted by Gasteiger charge is -2.19. The Bertz CT molecular complexity index is 331. The van der Waals surface area contributed by atoms with E-state index in [4.69, 9.17) is 11.6 Å². The van der Waals surface area contributed by atoms with E-state index < -0.39 is 0 Å². The molecule has 1 aliphatic rings. The first-order valence-electron chi connectivity index (χ1n) is 6.16. The molecule has 0 amide bonds. The Labute approximate surface area is 102 Å². The molecule has 1 nitrogen and oxygen atoms in total. The predicted molar refractivity (Wildman–Crippen MR) is 67.9 cm³/mol. The summed E-state index contributed by atoms with van der Waals surface area (Å²) in [6, 6.07) is 7.89. The predicted octanol–water partition coefficient (Wildman–Crippen LogP) is 4.00. The van der Waals surface area contributed by atoms with E-state index in [1.165, 1.54) is 25.7 Å². The number of halogens is 1. The molecule has 1 aromatic carbocycles. The molecule has 1 N–H and O–H groups in total. The van der Waals surface area contributed by atoms with Crippen LogP contribution in [0, 0.1) is 5.92 Å². The maximum Gasteiger partial charge on any atom is 0.0500 e. The minimum atomic E-state index is 0.209. The number of rotatable bonds is 4. The smallest absolute Gasteiger partial charge is 0.0500 e. The SMILES string of the molecule is OCC(CC1CCCC1)c1ccccc1Cl. The fourth-order valence-electron chi connectivity index (χ4n) is 2.75. The zero-order valence-electron chi connectivity index (χ0n) is 9.53. The summed E-state index contributed by atoms with van der Waals surface area (Å²) < 4.78 is 0. The molecule has 1 atom stereocenters. The minimum absolute atomic E-state index is 0.209. The van der Waals surface area contributed by atoms with Crippen LogP contribution in [0.2, 0.25) is 5.02 Å². The van der Waals surface area contributed by atoms with E-state index in [0.717, 1.165) is 22.9 Å². The molecular formula is C14H19ClO. The van der Waals surface area contributed by atoms with Crippen LogP contribution in [-0.2, 0) is 0 Å². The third-order valence-corrected chi connectivity index (χ3v) is 4.00. The topological polar surface area (TPSA) is 20.2 Å². The summed E-state index contributed by atoms with van der Waals surface area (Å²) in [7, 11) is 0. The lowest BCUT2D eigenvalue weighted by Crippen LogP contribution is -2.09. The van der Waals surface area contributed by atoms with Gasteiger partial charge < -0.3 is 5.11 Å². The zero-order chi connectivity index (χ0) is 11.4. The first kappa shape index (κ1) is 11.9. The van der Waals surface area contributed by atoms with E-state index in [1.54, 1.807) is 0 Å². The summed E-state index contributed by atoms with van der Waals surface area (Å²) in [6.07, 6.45) is 6.43. The van der Waals surface area contributed by atoms with Crippen molar-refractivity contribution in [2.24, 2.45) is 5.92 Å². The molecule has 16 heavy (non-hydrogen) atoms. The van der Waals surface area contributed by atoms with E-state index in [1.807, 2.05) is 24.3 Å². The van der Waals surface area contributed by atoms with Gasteiger partial charge >= 0.3 is 0 Å². The molecule has 0 saturated heterocycles. The molecule has 2 rings (SSSR count). The maximum absolute atomic E-state index is 9.51. The van der Waals surface area contributed by atoms with Gasteiger partial charge in [0.15, 0.2) is 0 Å². The number of hydrogen-bond donors (Lipinski definition) is 1. The molecule has 0 spiro atoms. The second kappa shape index (κ2) is 5.70. The van der Waals surface area contributed by atoms with Gasteiger partial charge in [0.2, 0.25) is 0 Å². The molecule has 0 heterocycles. The fraction of sp³-hybridized carbons (Fsp3) is 0.571. The van der Waals surface area contributed by atoms with E-state index in [-0.39, 0.29) is 12.5 Å². The minimum Gasteiger partial charge on any atom is -0.396 e. The average molecular weight is 239 g/mol. The first-order valence-corrected chi connectivity index (χ1v) is 6.54. The zero-order valence-corrected chi connectivity index (χ0v) is 10.3. The van der Waals surface area contributed by atoms with Gasteiger partial charge in [-0.25, -0.2) is 0 Å². The highest BCUT2D eigenvalue weighted by molar-refractivity contribution is 6.31. The van der Waals surface area contributed by atoms with Gasteiger partial charge in [0, 0.05) is 17.5 Å². The van der Waals surface area contributed by atoms with Crippen molar-refractivity contribution in [3.8, 4) is 0 Å². The van der Waals surface area contributed by atoms with Crippen LogP contribution in [0.3, 0.4) is 0 Å². The van der Waals surface area contributed by atoms with Crippen LogP contribution in [0.15, 0.2) is 24.3 Å². The molecule has 1 aliphatic carbocycles.